The molecule has 1 N–H and O–H groups in total. The van der Waals surface area contributed by atoms with E-state index >= 15 is 0 Å². The van der Waals surface area contributed by atoms with Gasteiger partial charge in [0.2, 0.25) is 5.91 Å². The molecule has 0 aliphatic rings. The standard InChI is InChI=1S/C29H29N3O3/c1-21-7-6-9-24(17-21)19-32-16-15-28(31-32)30-29(33)14-12-23-11-13-27(34-3)25(18-23)20-35-26-10-5-4-8-22(26)2/h4-18H,19-20H2,1-3H3,(H,30,31,33)/b14-12+. The highest BCUT2D eigenvalue weighted by Crippen LogP contribution is 2.24. The number of hydrogen-bond acceptors (Lipinski definition) is 4. The average Bonchev–Trinajstić information content (AvgIpc) is 3.28. The Morgan fingerprint density at radius 2 is 1.86 bits per heavy atom. The zero-order valence-corrected chi connectivity index (χ0v) is 20.2. The molecule has 0 unspecified atom stereocenters. The minimum atomic E-state index is -0.251. The second kappa shape index (κ2) is 11.2. The van der Waals surface area contributed by atoms with E-state index in [2.05, 4.69) is 35.5 Å². The number of nitrogens with one attached hydrogen (secondary N) is 1. The summed E-state index contributed by atoms with van der Waals surface area (Å²) in [6.45, 7) is 5.08. The zero-order valence-electron chi connectivity index (χ0n) is 20.2. The summed E-state index contributed by atoms with van der Waals surface area (Å²) in [5, 5.41) is 7.26. The Hall–Kier alpha value is -4.32. The molecule has 35 heavy (non-hydrogen) atoms. The highest BCUT2D eigenvalue weighted by molar-refractivity contribution is 6.01. The number of amides is 1. The van der Waals surface area contributed by atoms with E-state index in [4.69, 9.17) is 9.47 Å². The number of benzene rings is 3. The number of methoxy groups -OCH3 is 1. The van der Waals surface area contributed by atoms with E-state index in [1.807, 2.05) is 61.7 Å². The van der Waals surface area contributed by atoms with Gasteiger partial charge in [-0.25, -0.2) is 0 Å². The average molecular weight is 468 g/mol. The van der Waals surface area contributed by atoms with E-state index in [1.54, 1.807) is 23.9 Å². The maximum absolute atomic E-state index is 12.5. The number of nitrogens with zero attached hydrogens (tertiary/aromatic N) is 2. The maximum Gasteiger partial charge on any atom is 0.249 e. The number of para-hydroxylation sites is 1. The third kappa shape index (κ3) is 6.60. The van der Waals surface area contributed by atoms with E-state index in [-0.39, 0.29) is 5.91 Å². The molecule has 4 rings (SSSR count). The molecule has 0 radical (unpaired) electrons. The topological polar surface area (TPSA) is 65.4 Å². The van der Waals surface area contributed by atoms with E-state index in [0.717, 1.165) is 33.8 Å². The SMILES string of the molecule is COc1ccc(/C=C/C(=O)Nc2ccn(Cc3cccc(C)c3)n2)cc1COc1ccccc1C. The van der Waals surface area contributed by atoms with E-state index in [0.29, 0.717) is 19.0 Å². The van der Waals surface area contributed by atoms with Gasteiger partial charge in [0.05, 0.1) is 13.7 Å². The number of rotatable bonds is 9. The summed E-state index contributed by atoms with van der Waals surface area (Å²) in [4.78, 5) is 12.5. The van der Waals surface area contributed by atoms with Crippen molar-refractivity contribution in [1.82, 2.24) is 9.78 Å². The largest absolute Gasteiger partial charge is 0.496 e. The number of carbonyl (C=O) groups is 1. The second-order valence-electron chi connectivity index (χ2n) is 8.34. The van der Waals surface area contributed by atoms with E-state index in [1.165, 1.54) is 11.6 Å². The molecule has 4 aromatic rings. The molecule has 6 heteroatoms. The van der Waals surface area contributed by atoms with Gasteiger partial charge in [0.25, 0.3) is 0 Å². The first-order chi connectivity index (χ1) is 17.0. The van der Waals surface area contributed by atoms with Crippen molar-refractivity contribution >= 4 is 17.8 Å². The van der Waals surface area contributed by atoms with Gasteiger partial charge in [-0.15, -0.1) is 0 Å². The van der Waals surface area contributed by atoms with E-state index < -0.39 is 0 Å². The van der Waals surface area contributed by atoms with Gasteiger partial charge >= 0.3 is 0 Å². The van der Waals surface area contributed by atoms with E-state index in [9.17, 15) is 4.79 Å². The predicted octanol–water partition coefficient (Wildman–Crippen LogP) is 5.79. The van der Waals surface area contributed by atoms with Crippen LogP contribution in [0.1, 0.15) is 27.8 Å². The Morgan fingerprint density at radius 3 is 2.66 bits per heavy atom. The van der Waals surface area contributed by atoms with Gasteiger partial charge in [0.1, 0.15) is 18.1 Å². The first kappa shape index (κ1) is 23.8. The Balaban J connectivity index is 1.37. The molecule has 1 amide bonds. The second-order valence-corrected chi connectivity index (χ2v) is 8.34. The summed E-state index contributed by atoms with van der Waals surface area (Å²) >= 11 is 0. The minimum Gasteiger partial charge on any atom is -0.496 e. The molecule has 0 aliphatic heterocycles. The smallest absolute Gasteiger partial charge is 0.249 e. The van der Waals surface area contributed by atoms with Crippen LogP contribution >= 0.6 is 0 Å². The van der Waals surface area contributed by atoms with Crippen molar-refractivity contribution in [1.29, 1.82) is 0 Å². The van der Waals surface area contributed by atoms with Crippen LogP contribution in [0.4, 0.5) is 5.82 Å². The third-order valence-corrected chi connectivity index (χ3v) is 5.53. The number of aryl methyl sites for hydroxylation is 2. The lowest BCUT2D eigenvalue weighted by Crippen LogP contribution is -2.09. The van der Waals surface area contributed by atoms with Crippen LogP contribution in [-0.4, -0.2) is 22.8 Å². The Morgan fingerprint density at radius 1 is 1.00 bits per heavy atom. The van der Waals surface area contributed by atoms with Crippen LogP contribution in [0.2, 0.25) is 0 Å². The minimum absolute atomic E-state index is 0.251. The Kier molecular flexibility index (Phi) is 7.63. The van der Waals surface area contributed by atoms with Crippen LogP contribution in [-0.2, 0) is 17.9 Å². The molecule has 0 saturated heterocycles. The number of aromatic nitrogens is 2. The van der Waals surface area contributed by atoms with Crippen LogP contribution in [0, 0.1) is 13.8 Å². The highest BCUT2D eigenvalue weighted by Gasteiger charge is 2.07. The summed E-state index contributed by atoms with van der Waals surface area (Å²) in [5.74, 6) is 1.82. The lowest BCUT2D eigenvalue weighted by molar-refractivity contribution is -0.111. The number of carbonyl (C=O) groups excluding carboxylic acids is 1. The van der Waals surface area contributed by atoms with Crippen molar-refractivity contribution < 1.29 is 14.3 Å². The zero-order chi connectivity index (χ0) is 24.6. The molecule has 178 valence electrons. The fourth-order valence-corrected chi connectivity index (χ4v) is 3.74. The summed E-state index contributed by atoms with van der Waals surface area (Å²) in [7, 11) is 1.63. The van der Waals surface area contributed by atoms with Gasteiger partial charge in [-0.3, -0.25) is 9.48 Å². The predicted molar refractivity (Wildman–Crippen MR) is 139 cm³/mol. The first-order valence-corrected chi connectivity index (χ1v) is 11.4. The molecule has 0 fully saturated rings. The molecule has 1 heterocycles. The number of ether oxygens (including phenoxy) is 2. The molecule has 0 aliphatic carbocycles. The summed E-state index contributed by atoms with van der Waals surface area (Å²) in [6, 6.07) is 23.7. The van der Waals surface area contributed by atoms with Crippen molar-refractivity contribution in [3.05, 3.63) is 113 Å². The van der Waals surface area contributed by atoms with Gasteiger partial charge in [0.15, 0.2) is 5.82 Å². The van der Waals surface area contributed by atoms with Crippen molar-refractivity contribution in [3.8, 4) is 11.5 Å². The quantitative estimate of drug-likeness (QED) is 0.317. The van der Waals surface area contributed by atoms with Crippen LogP contribution in [0.25, 0.3) is 6.08 Å². The van der Waals surface area contributed by atoms with Crippen molar-refractivity contribution in [2.75, 3.05) is 12.4 Å². The maximum atomic E-state index is 12.5. The molecule has 0 spiro atoms. The lowest BCUT2D eigenvalue weighted by atomic mass is 10.1. The van der Waals surface area contributed by atoms with Crippen LogP contribution in [0.3, 0.4) is 0 Å². The van der Waals surface area contributed by atoms with Crippen LogP contribution < -0.4 is 14.8 Å². The number of anilines is 1. The molecule has 1 aromatic heterocycles. The fraction of sp³-hybridized carbons (Fsp3) is 0.172. The van der Waals surface area contributed by atoms with Gasteiger partial charge < -0.3 is 14.8 Å². The normalized spacial score (nSPS) is 10.9. The third-order valence-electron chi connectivity index (χ3n) is 5.53. The first-order valence-electron chi connectivity index (χ1n) is 11.4. The summed E-state index contributed by atoms with van der Waals surface area (Å²) in [5.41, 5.74) is 5.20. The Bertz CT molecular complexity index is 1340. The van der Waals surface area contributed by atoms with Crippen molar-refractivity contribution in [2.24, 2.45) is 0 Å². The molecular formula is C29H29N3O3. The van der Waals surface area contributed by atoms with Gasteiger partial charge in [-0.05, 0) is 54.8 Å². The molecular weight excluding hydrogens is 438 g/mol. The van der Waals surface area contributed by atoms with Crippen LogP contribution in [0.15, 0.2) is 85.1 Å². The fourth-order valence-electron chi connectivity index (χ4n) is 3.74. The molecule has 0 atom stereocenters. The van der Waals surface area contributed by atoms with Crippen LogP contribution in [0.5, 0.6) is 11.5 Å². The molecule has 6 nitrogen and oxygen atoms in total. The van der Waals surface area contributed by atoms with Gasteiger partial charge in [0, 0.05) is 23.9 Å². The monoisotopic (exact) mass is 467 g/mol. The molecule has 3 aromatic carbocycles. The summed E-state index contributed by atoms with van der Waals surface area (Å²) < 4.78 is 13.3. The molecule has 0 saturated carbocycles. The Labute approximate surface area is 205 Å². The number of hydrogen-bond donors (Lipinski definition) is 1. The summed E-state index contributed by atoms with van der Waals surface area (Å²) in [6.07, 6.45) is 5.11. The van der Waals surface area contributed by atoms with Crippen molar-refractivity contribution in [2.45, 2.75) is 27.0 Å². The van der Waals surface area contributed by atoms with Gasteiger partial charge in [-0.2, -0.15) is 5.10 Å². The highest BCUT2D eigenvalue weighted by atomic mass is 16.5. The van der Waals surface area contributed by atoms with Gasteiger partial charge in [-0.1, -0.05) is 54.1 Å². The lowest BCUT2D eigenvalue weighted by Gasteiger charge is -2.12. The van der Waals surface area contributed by atoms with Crippen molar-refractivity contribution in [3.63, 3.8) is 0 Å². The molecule has 0 bridgehead atoms.